The molecule has 0 bridgehead atoms. The molecule has 4 rings (SSSR count). The number of amides is 1. The molecule has 1 heterocycles. The molecular formula is C23H15ClN2O5. The number of halogens is 1. The van der Waals surface area contributed by atoms with Crippen LogP contribution >= 0.6 is 11.6 Å². The Hall–Kier alpha value is -3.97. The molecular weight excluding hydrogens is 420 g/mol. The zero-order chi connectivity index (χ0) is 22.1. The molecule has 3 aromatic rings. The van der Waals surface area contributed by atoms with E-state index >= 15 is 0 Å². The molecule has 154 valence electrons. The van der Waals surface area contributed by atoms with Gasteiger partial charge in [-0.1, -0.05) is 41.9 Å². The van der Waals surface area contributed by atoms with Crippen LogP contribution in [-0.2, 0) is 9.59 Å². The van der Waals surface area contributed by atoms with Crippen LogP contribution < -0.4 is 4.90 Å². The zero-order valence-electron chi connectivity index (χ0n) is 15.9. The number of rotatable bonds is 4. The van der Waals surface area contributed by atoms with Gasteiger partial charge in [0.05, 0.1) is 16.5 Å². The van der Waals surface area contributed by atoms with Gasteiger partial charge in [-0.25, -0.2) is 0 Å². The molecule has 8 heteroatoms. The van der Waals surface area contributed by atoms with Crippen LogP contribution in [0, 0.1) is 10.1 Å². The molecule has 31 heavy (non-hydrogen) atoms. The van der Waals surface area contributed by atoms with Crippen molar-refractivity contribution in [3.8, 4) is 0 Å². The molecule has 0 radical (unpaired) electrons. The Labute approximate surface area is 182 Å². The summed E-state index contributed by atoms with van der Waals surface area (Å²) in [5, 5.41) is 22.4. The van der Waals surface area contributed by atoms with Crippen molar-refractivity contribution in [2.75, 3.05) is 4.90 Å². The monoisotopic (exact) mass is 434 g/mol. The Morgan fingerprint density at radius 1 is 0.935 bits per heavy atom. The van der Waals surface area contributed by atoms with Gasteiger partial charge in [0.15, 0.2) is 0 Å². The number of ketones is 1. The van der Waals surface area contributed by atoms with Gasteiger partial charge in [0.2, 0.25) is 0 Å². The van der Waals surface area contributed by atoms with Crippen LogP contribution in [0.3, 0.4) is 0 Å². The maximum atomic E-state index is 13.0. The summed E-state index contributed by atoms with van der Waals surface area (Å²) in [6, 6.07) is 19.5. The minimum atomic E-state index is -0.894. The van der Waals surface area contributed by atoms with Gasteiger partial charge < -0.3 is 5.11 Å². The van der Waals surface area contributed by atoms with Crippen LogP contribution in [0.1, 0.15) is 17.2 Å². The maximum absolute atomic E-state index is 13.0. The van der Waals surface area contributed by atoms with Gasteiger partial charge in [-0.05, 0) is 42.0 Å². The van der Waals surface area contributed by atoms with E-state index in [2.05, 4.69) is 0 Å². The number of Topliss-reactive ketones (excluding diaryl/α,β-unsaturated/α-hetero) is 1. The van der Waals surface area contributed by atoms with Crippen LogP contribution in [-0.4, -0.2) is 21.7 Å². The van der Waals surface area contributed by atoms with Gasteiger partial charge >= 0.3 is 0 Å². The number of para-hydroxylation sites is 1. The van der Waals surface area contributed by atoms with Crippen molar-refractivity contribution in [3.05, 3.63) is 111 Å². The summed E-state index contributed by atoms with van der Waals surface area (Å²) < 4.78 is 0. The van der Waals surface area contributed by atoms with Crippen LogP contribution in [0.4, 0.5) is 11.4 Å². The number of carbonyl (C=O) groups is 2. The highest BCUT2D eigenvalue weighted by molar-refractivity contribution is 6.51. The second-order valence-electron chi connectivity index (χ2n) is 6.86. The number of aliphatic hydroxyl groups excluding tert-OH is 1. The molecule has 1 unspecified atom stereocenters. The SMILES string of the molecule is O=C1C(=O)N(c2ccccc2)C(c2ccc(Cl)cc2)/C1=C(/O)c1ccc([N+](=O)[O-])cc1. The third kappa shape index (κ3) is 3.67. The van der Waals surface area contributed by atoms with E-state index in [1.165, 1.54) is 29.2 Å². The predicted octanol–water partition coefficient (Wildman–Crippen LogP) is 4.87. The van der Waals surface area contributed by atoms with Crippen molar-refractivity contribution in [3.63, 3.8) is 0 Å². The van der Waals surface area contributed by atoms with Gasteiger partial charge in [0.1, 0.15) is 5.76 Å². The third-order valence-electron chi connectivity index (χ3n) is 5.02. The number of nitro benzene ring substituents is 1. The first-order chi connectivity index (χ1) is 14.9. The van der Waals surface area contributed by atoms with Crippen LogP contribution in [0.25, 0.3) is 5.76 Å². The predicted molar refractivity (Wildman–Crippen MR) is 116 cm³/mol. The smallest absolute Gasteiger partial charge is 0.300 e. The highest BCUT2D eigenvalue weighted by Gasteiger charge is 2.46. The summed E-state index contributed by atoms with van der Waals surface area (Å²) in [6.45, 7) is 0. The number of non-ortho nitro benzene ring substituents is 1. The second-order valence-corrected chi connectivity index (χ2v) is 7.30. The lowest BCUT2D eigenvalue weighted by Crippen LogP contribution is -2.29. The van der Waals surface area contributed by atoms with Gasteiger partial charge in [-0.2, -0.15) is 0 Å². The summed E-state index contributed by atoms with van der Waals surface area (Å²) in [4.78, 5) is 37.6. The molecule has 0 aliphatic carbocycles. The number of aliphatic hydroxyl groups is 1. The molecule has 0 aromatic heterocycles. The van der Waals surface area contributed by atoms with Crippen molar-refractivity contribution in [1.82, 2.24) is 0 Å². The van der Waals surface area contributed by atoms with Crippen molar-refractivity contribution in [2.45, 2.75) is 6.04 Å². The van der Waals surface area contributed by atoms with E-state index in [0.717, 1.165) is 0 Å². The van der Waals surface area contributed by atoms with E-state index in [0.29, 0.717) is 16.3 Å². The number of benzene rings is 3. The topological polar surface area (TPSA) is 101 Å². The minimum Gasteiger partial charge on any atom is -0.507 e. The van der Waals surface area contributed by atoms with Gasteiger partial charge in [-0.15, -0.1) is 0 Å². The summed E-state index contributed by atoms with van der Waals surface area (Å²) in [5.41, 5.74) is 0.999. The maximum Gasteiger partial charge on any atom is 0.300 e. The lowest BCUT2D eigenvalue weighted by molar-refractivity contribution is -0.384. The summed E-state index contributed by atoms with van der Waals surface area (Å²) in [6.07, 6.45) is 0. The number of hydrogen-bond donors (Lipinski definition) is 1. The van der Waals surface area contributed by atoms with E-state index in [-0.39, 0.29) is 16.8 Å². The molecule has 1 aliphatic heterocycles. The number of nitrogens with zero attached hydrogens (tertiary/aromatic N) is 2. The first-order valence-corrected chi connectivity index (χ1v) is 9.62. The average molecular weight is 435 g/mol. The first-order valence-electron chi connectivity index (χ1n) is 9.25. The number of hydrogen-bond acceptors (Lipinski definition) is 5. The minimum absolute atomic E-state index is 0.106. The fourth-order valence-electron chi connectivity index (χ4n) is 3.54. The third-order valence-corrected chi connectivity index (χ3v) is 5.27. The Morgan fingerprint density at radius 3 is 2.13 bits per heavy atom. The van der Waals surface area contributed by atoms with E-state index < -0.39 is 28.4 Å². The lowest BCUT2D eigenvalue weighted by Gasteiger charge is -2.25. The fourth-order valence-corrected chi connectivity index (χ4v) is 3.67. The Morgan fingerprint density at radius 2 is 1.55 bits per heavy atom. The summed E-state index contributed by atoms with van der Waals surface area (Å²) in [7, 11) is 0. The van der Waals surface area contributed by atoms with E-state index in [1.54, 1.807) is 54.6 Å². The van der Waals surface area contributed by atoms with Crippen LogP contribution in [0.2, 0.25) is 5.02 Å². The van der Waals surface area contributed by atoms with Gasteiger partial charge in [0, 0.05) is 28.4 Å². The highest BCUT2D eigenvalue weighted by atomic mass is 35.5. The Kier molecular flexibility index (Phi) is 5.27. The standard InChI is InChI=1S/C23H15ClN2O5/c24-16-10-6-14(7-11-16)20-19(21(27)15-8-12-18(13-9-15)26(30)31)22(28)23(29)25(20)17-4-2-1-3-5-17/h1-13,20,27H/b21-19-. The van der Waals surface area contributed by atoms with Crippen molar-refractivity contribution < 1.29 is 19.6 Å². The highest BCUT2D eigenvalue weighted by Crippen LogP contribution is 2.42. The molecule has 1 atom stereocenters. The first kappa shape index (κ1) is 20.3. The largest absolute Gasteiger partial charge is 0.507 e. The lowest BCUT2D eigenvalue weighted by atomic mass is 9.95. The van der Waals surface area contributed by atoms with E-state index in [9.17, 15) is 24.8 Å². The van der Waals surface area contributed by atoms with Crippen molar-refractivity contribution in [1.29, 1.82) is 0 Å². The molecule has 0 spiro atoms. The van der Waals surface area contributed by atoms with Crippen molar-refractivity contribution in [2.24, 2.45) is 0 Å². The van der Waals surface area contributed by atoms with Gasteiger partial charge in [-0.3, -0.25) is 24.6 Å². The summed E-state index contributed by atoms with van der Waals surface area (Å²) in [5.74, 6) is -2.04. The molecule has 0 saturated carbocycles. The van der Waals surface area contributed by atoms with Crippen molar-refractivity contribution >= 4 is 40.4 Å². The number of nitro groups is 1. The molecule has 1 aliphatic rings. The molecule has 1 fully saturated rings. The van der Waals surface area contributed by atoms with E-state index in [1.807, 2.05) is 0 Å². The van der Waals surface area contributed by atoms with Crippen LogP contribution in [0.15, 0.2) is 84.4 Å². The number of anilines is 1. The molecule has 1 saturated heterocycles. The molecule has 7 nitrogen and oxygen atoms in total. The van der Waals surface area contributed by atoms with Crippen LogP contribution in [0.5, 0.6) is 0 Å². The number of carbonyl (C=O) groups excluding carboxylic acids is 2. The zero-order valence-corrected chi connectivity index (χ0v) is 16.7. The average Bonchev–Trinajstić information content (AvgIpc) is 3.05. The van der Waals surface area contributed by atoms with E-state index in [4.69, 9.17) is 11.6 Å². The fraction of sp³-hybridized carbons (Fsp3) is 0.0435. The molecule has 3 aromatic carbocycles. The summed E-state index contributed by atoms with van der Waals surface area (Å²) >= 11 is 6.00. The molecule has 1 N–H and O–H groups in total. The van der Waals surface area contributed by atoms with Gasteiger partial charge in [0.25, 0.3) is 17.4 Å². The second kappa shape index (κ2) is 8.04. The quantitative estimate of drug-likeness (QED) is 0.207. The Balaban J connectivity index is 1.91. The normalized spacial score (nSPS) is 17.7. The molecule has 1 amide bonds. The Bertz CT molecular complexity index is 1200.